The molecule has 0 aliphatic carbocycles. The number of rotatable bonds is 7. The van der Waals surface area contributed by atoms with Gasteiger partial charge in [-0.15, -0.1) is 11.3 Å². The number of sulfonamides is 1. The van der Waals surface area contributed by atoms with E-state index < -0.39 is 15.9 Å². The molecule has 2 aromatic heterocycles. The van der Waals surface area contributed by atoms with E-state index in [2.05, 4.69) is 10.3 Å². The summed E-state index contributed by atoms with van der Waals surface area (Å²) in [4.78, 5) is 16.3. The molecule has 0 radical (unpaired) electrons. The predicted octanol–water partition coefficient (Wildman–Crippen LogP) is 3.04. The van der Waals surface area contributed by atoms with Gasteiger partial charge in [-0.05, 0) is 19.1 Å². The number of likely N-dealkylation sites (N-methyl/N-ethyl adjacent to an activating group) is 1. The number of thiophene rings is 1. The molecule has 25 heavy (non-hydrogen) atoms. The summed E-state index contributed by atoms with van der Waals surface area (Å²) in [7, 11) is -2.45. The Bertz CT molecular complexity index is 916. The second-order valence-electron chi connectivity index (χ2n) is 4.71. The first-order valence-corrected chi connectivity index (χ1v) is 11.2. The lowest BCUT2D eigenvalue weighted by atomic mass is 10.6. The average molecular weight is 437 g/mol. The number of halogens is 1. The first-order valence-electron chi connectivity index (χ1n) is 6.72. The molecule has 134 valence electrons. The Balaban J connectivity index is 2.01. The lowest BCUT2D eigenvalue weighted by Crippen LogP contribution is -2.34. The molecule has 0 spiro atoms. The molecule has 0 fully saturated rings. The normalized spacial score (nSPS) is 11.5. The quantitative estimate of drug-likeness (QED) is 0.669. The molecule has 7 nitrogen and oxygen atoms in total. The molecule has 12 heteroatoms. The molecule has 2 aromatic rings. The highest BCUT2D eigenvalue weighted by atomic mass is 35.5. The minimum atomic E-state index is -3.77. The van der Waals surface area contributed by atoms with E-state index >= 15 is 0 Å². The van der Waals surface area contributed by atoms with Gasteiger partial charge < -0.3 is 5.32 Å². The zero-order chi connectivity index (χ0) is 18.6. The van der Waals surface area contributed by atoms with Crippen LogP contribution < -0.4 is 5.32 Å². The maximum Gasteiger partial charge on any atom is 0.252 e. The fraction of sp³-hybridized carbons (Fsp3) is 0.308. The number of thioether (sulfide) groups is 1. The number of aryl methyl sites for hydroxylation is 1. The van der Waals surface area contributed by atoms with Crippen LogP contribution in [-0.4, -0.2) is 43.0 Å². The zero-order valence-corrected chi connectivity index (χ0v) is 17.2. The maximum atomic E-state index is 12.4. The molecular weight excluding hydrogens is 424 g/mol. The molecule has 1 amide bonds. The van der Waals surface area contributed by atoms with Crippen LogP contribution in [0.2, 0.25) is 4.34 Å². The van der Waals surface area contributed by atoms with Crippen LogP contribution >= 0.6 is 46.0 Å². The molecule has 0 aliphatic heterocycles. The van der Waals surface area contributed by atoms with E-state index in [9.17, 15) is 13.2 Å². The number of hydrogen-bond donors (Lipinski definition) is 1. The van der Waals surface area contributed by atoms with Crippen LogP contribution in [0, 0.1) is 18.3 Å². The van der Waals surface area contributed by atoms with Crippen molar-refractivity contribution in [3.05, 3.63) is 22.2 Å². The Morgan fingerprint density at radius 1 is 1.48 bits per heavy atom. The molecule has 1 N–H and O–H groups in total. The Morgan fingerprint density at radius 2 is 2.20 bits per heavy atom. The smallest absolute Gasteiger partial charge is 0.252 e. The molecule has 0 saturated heterocycles. The molecular formula is C13H13ClN4O3S4. The van der Waals surface area contributed by atoms with Crippen molar-refractivity contribution in [2.75, 3.05) is 24.7 Å². The molecule has 2 rings (SSSR count). The van der Waals surface area contributed by atoms with Gasteiger partial charge in [0, 0.05) is 7.05 Å². The molecule has 0 unspecified atom stereocenters. The molecule has 2 heterocycles. The molecule has 0 aromatic carbocycles. The van der Waals surface area contributed by atoms with Crippen molar-refractivity contribution in [2.45, 2.75) is 15.3 Å². The van der Waals surface area contributed by atoms with E-state index in [-0.39, 0.29) is 10.8 Å². The van der Waals surface area contributed by atoms with Crippen LogP contribution in [0.5, 0.6) is 0 Å². The summed E-state index contributed by atoms with van der Waals surface area (Å²) in [6.07, 6.45) is 0. The van der Waals surface area contributed by atoms with Crippen LogP contribution in [0.1, 0.15) is 5.69 Å². The van der Waals surface area contributed by atoms with E-state index in [0.29, 0.717) is 15.2 Å². The highest BCUT2D eigenvalue weighted by molar-refractivity contribution is 8.01. The van der Waals surface area contributed by atoms with Crippen molar-refractivity contribution in [1.29, 1.82) is 5.26 Å². The second kappa shape index (κ2) is 8.48. The fourth-order valence-corrected chi connectivity index (χ4v) is 6.34. The van der Waals surface area contributed by atoms with Crippen molar-refractivity contribution in [2.24, 2.45) is 0 Å². The third kappa shape index (κ3) is 5.16. The van der Waals surface area contributed by atoms with Crippen molar-refractivity contribution < 1.29 is 13.2 Å². The van der Waals surface area contributed by atoms with Crippen LogP contribution in [0.15, 0.2) is 20.6 Å². The van der Waals surface area contributed by atoms with Crippen LogP contribution in [0.4, 0.5) is 5.13 Å². The minimum absolute atomic E-state index is 0.0769. The van der Waals surface area contributed by atoms with Crippen molar-refractivity contribution >= 4 is 67.1 Å². The number of carbonyl (C=O) groups is 1. The highest BCUT2D eigenvalue weighted by Crippen LogP contribution is 2.32. The van der Waals surface area contributed by atoms with Crippen LogP contribution in [-0.2, 0) is 14.8 Å². The van der Waals surface area contributed by atoms with Gasteiger partial charge in [0.1, 0.15) is 4.21 Å². The van der Waals surface area contributed by atoms with Gasteiger partial charge in [-0.1, -0.05) is 34.7 Å². The number of nitriles is 1. The lowest BCUT2D eigenvalue weighted by Gasteiger charge is -2.14. The SMILES string of the molecule is Cc1nc(NC(=O)CN(C)S(=O)(=O)c2ccc(Cl)s2)sc1SCC#N. The van der Waals surface area contributed by atoms with E-state index in [4.69, 9.17) is 16.9 Å². The van der Waals surface area contributed by atoms with Gasteiger partial charge in [-0.25, -0.2) is 13.4 Å². The minimum Gasteiger partial charge on any atom is -0.301 e. The van der Waals surface area contributed by atoms with Gasteiger partial charge in [0.2, 0.25) is 5.91 Å². The van der Waals surface area contributed by atoms with E-state index in [1.165, 1.54) is 42.3 Å². The van der Waals surface area contributed by atoms with Crippen molar-refractivity contribution in [1.82, 2.24) is 9.29 Å². The highest BCUT2D eigenvalue weighted by Gasteiger charge is 2.25. The molecule has 0 bridgehead atoms. The Labute approximate surface area is 162 Å². The summed E-state index contributed by atoms with van der Waals surface area (Å²) in [5.74, 6) is -0.208. The predicted molar refractivity (Wildman–Crippen MR) is 101 cm³/mol. The fourth-order valence-electron chi connectivity index (χ4n) is 1.70. The lowest BCUT2D eigenvalue weighted by molar-refractivity contribution is -0.116. The summed E-state index contributed by atoms with van der Waals surface area (Å²) >= 11 is 9.28. The number of carbonyl (C=O) groups excluding carboxylic acids is 1. The van der Waals surface area contributed by atoms with Crippen molar-refractivity contribution in [3.8, 4) is 6.07 Å². The number of amides is 1. The van der Waals surface area contributed by atoms with E-state index in [1.54, 1.807) is 6.92 Å². The first-order chi connectivity index (χ1) is 11.7. The van der Waals surface area contributed by atoms with E-state index in [0.717, 1.165) is 25.5 Å². The number of thiazole rings is 1. The third-order valence-corrected chi connectivity index (χ3v) is 8.65. The average Bonchev–Trinajstić information content (AvgIpc) is 3.11. The summed E-state index contributed by atoms with van der Waals surface area (Å²) in [5.41, 5.74) is 0.717. The monoisotopic (exact) mass is 436 g/mol. The number of aromatic nitrogens is 1. The Morgan fingerprint density at radius 3 is 2.80 bits per heavy atom. The van der Waals surface area contributed by atoms with Gasteiger partial charge in [0.25, 0.3) is 10.0 Å². The molecule has 0 atom stereocenters. The maximum absolute atomic E-state index is 12.4. The van der Waals surface area contributed by atoms with E-state index in [1.807, 2.05) is 6.07 Å². The van der Waals surface area contributed by atoms with Gasteiger partial charge in [0.15, 0.2) is 5.13 Å². The van der Waals surface area contributed by atoms with Gasteiger partial charge >= 0.3 is 0 Å². The van der Waals surface area contributed by atoms with Crippen LogP contribution in [0.3, 0.4) is 0 Å². The summed E-state index contributed by atoms with van der Waals surface area (Å²) < 4.78 is 27.0. The number of nitrogens with zero attached hydrogens (tertiary/aromatic N) is 3. The largest absolute Gasteiger partial charge is 0.301 e. The zero-order valence-electron chi connectivity index (χ0n) is 13.1. The summed E-state index contributed by atoms with van der Waals surface area (Å²) in [5, 5.41) is 11.6. The topological polar surface area (TPSA) is 103 Å². The number of hydrogen-bond acceptors (Lipinski definition) is 8. The van der Waals surface area contributed by atoms with Gasteiger partial charge in [0.05, 0.1) is 32.6 Å². The first kappa shape index (κ1) is 20.2. The Kier molecular flexibility index (Phi) is 6.84. The number of nitrogens with one attached hydrogen (secondary N) is 1. The number of anilines is 1. The van der Waals surface area contributed by atoms with Gasteiger partial charge in [-0.3, -0.25) is 4.79 Å². The molecule has 0 saturated carbocycles. The standard InChI is InChI=1S/C13H13ClN4O3S4/c1-8-12(22-6-5-15)24-13(16-8)17-10(19)7-18(2)25(20,21)11-4-3-9(14)23-11/h3-4H,6-7H2,1-2H3,(H,16,17,19). The summed E-state index contributed by atoms with van der Waals surface area (Å²) in [6.45, 7) is 1.43. The Hall–Kier alpha value is -1.16. The van der Waals surface area contributed by atoms with Gasteiger partial charge in [-0.2, -0.15) is 9.57 Å². The molecule has 0 aliphatic rings. The van der Waals surface area contributed by atoms with Crippen LogP contribution in [0.25, 0.3) is 0 Å². The van der Waals surface area contributed by atoms with Crippen molar-refractivity contribution in [3.63, 3.8) is 0 Å². The third-order valence-electron chi connectivity index (χ3n) is 2.85. The summed E-state index contributed by atoms with van der Waals surface area (Å²) in [6, 6.07) is 4.92. The second-order valence-corrected chi connectivity index (χ2v) is 10.9.